The first-order chi connectivity index (χ1) is 15.7. The summed E-state index contributed by atoms with van der Waals surface area (Å²) in [7, 11) is -1.44. The maximum Gasteiger partial charge on any atom is 0.122 e. The molecule has 5 heteroatoms. The monoisotopic (exact) mass is 504 g/mol. The highest BCUT2D eigenvalue weighted by Gasteiger charge is 2.23. The van der Waals surface area contributed by atoms with Crippen LogP contribution < -0.4 is 0 Å². The molecule has 0 unspecified atom stereocenters. The number of hydrogen-bond acceptors (Lipinski definition) is 4. The van der Waals surface area contributed by atoms with Gasteiger partial charge in [0.15, 0.2) is 0 Å². The molecule has 0 amide bonds. The third kappa shape index (κ3) is 8.59. The molecule has 0 saturated heterocycles. The van der Waals surface area contributed by atoms with Crippen molar-refractivity contribution in [3.63, 3.8) is 0 Å². The number of hydrogen-bond donors (Lipinski definition) is 2. The van der Waals surface area contributed by atoms with E-state index in [1.54, 1.807) is 0 Å². The third-order valence-corrected chi connectivity index (χ3v) is 14.4. The average Bonchev–Trinajstić information content (AvgIpc) is 2.77. The molecule has 0 aliphatic carbocycles. The molecule has 184 valence electrons. The Hall–Kier alpha value is -1.04. The minimum Gasteiger partial charge on any atom is -0.507 e. The zero-order valence-corrected chi connectivity index (χ0v) is 24.2. The molecule has 0 aliphatic rings. The summed E-state index contributed by atoms with van der Waals surface area (Å²) in [5, 5.41) is 23.6. The fourth-order valence-electron chi connectivity index (χ4n) is 4.06. The Balaban J connectivity index is 2.10. The van der Waals surface area contributed by atoms with Crippen LogP contribution in [0.2, 0.25) is 13.1 Å². The predicted octanol–water partition coefficient (Wildman–Crippen LogP) is 8.58. The predicted molar refractivity (Wildman–Crippen MR) is 151 cm³/mol. The number of aryl methyl sites for hydroxylation is 4. The molecular formula is C28H44O2S2Si. The van der Waals surface area contributed by atoms with E-state index >= 15 is 0 Å². The van der Waals surface area contributed by atoms with E-state index in [0.717, 1.165) is 73.6 Å². The average molecular weight is 505 g/mol. The van der Waals surface area contributed by atoms with Gasteiger partial charge in [0, 0.05) is 9.79 Å². The second kappa shape index (κ2) is 13.7. The zero-order chi connectivity index (χ0) is 24.4. The molecule has 2 aromatic carbocycles. The third-order valence-electron chi connectivity index (χ3n) is 5.82. The topological polar surface area (TPSA) is 40.5 Å². The van der Waals surface area contributed by atoms with Crippen LogP contribution in [0.15, 0.2) is 34.1 Å². The Morgan fingerprint density at radius 2 is 0.848 bits per heavy atom. The number of rotatable bonds is 14. The maximum atomic E-state index is 10.6. The normalized spacial score (nSPS) is 11.8. The van der Waals surface area contributed by atoms with E-state index in [9.17, 15) is 10.2 Å². The summed E-state index contributed by atoms with van der Waals surface area (Å²) in [6, 6.07) is 8.87. The highest BCUT2D eigenvalue weighted by atomic mass is 32.2. The van der Waals surface area contributed by atoms with Gasteiger partial charge in [-0.3, -0.25) is 0 Å². The minimum absolute atomic E-state index is 0.521. The van der Waals surface area contributed by atoms with Gasteiger partial charge in [-0.15, -0.1) is 23.5 Å². The summed E-state index contributed by atoms with van der Waals surface area (Å²) < 4.78 is 0. The molecule has 0 aliphatic heterocycles. The Morgan fingerprint density at radius 3 is 1.09 bits per heavy atom. The van der Waals surface area contributed by atoms with E-state index in [1.807, 2.05) is 23.5 Å². The molecule has 33 heavy (non-hydrogen) atoms. The quantitative estimate of drug-likeness (QED) is 0.200. The molecule has 0 radical (unpaired) electrons. The van der Waals surface area contributed by atoms with Crippen molar-refractivity contribution < 1.29 is 10.2 Å². The Kier molecular flexibility index (Phi) is 11.7. The molecule has 2 rings (SSSR count). The van der Waals surface area contributed by atoms with E-state index in [2.05, 4.69) is 65.1 Å². The van der Waals surface area contributed by atoms with Crippen molar-refractivity contribution in [1.29, 1.82) is 0 Å². The lowest BCUT2D eigenvalue weighted by Gasteiger charge is -2.23. The van der Waals surface area contributed by atoms with Crippen LogP contribution in [0.3, 0.4) is 0 Å². The van der Waals surface area contributed by atoms with Gasteiger partial charge in [-0.1, -0.05) is 66.5 Å². The minimum atomic E-state index is -1.44. The van der Waals surface area contributed by atoms with Crippen molar-refractivity contribution in [2.24, 2.45) is 0 Å². The smallest absolute Gasteiger partial charge is 0.122 e. The molecule has 0 bridgehead atoms. The SMILES string of the molecule is CCCc1cc(SC[Si](C)(C)CSc2cc(CCC)c(O)c(CCC)c2)cc(CCC)c1O. The van der Waals surface area contributed by atoms with Gasteiger partial charge in [0.2, 0.25) is 0 Å². The van der Waals surface area contributed by atoms with Gasteiger partial charge in [0.25, 0.3) is 0 Å². The van der Waals surface area contributed by atoms with Crippen molar-refractivity contribution in [1.82, 2.24) is 0 Å². The van der Waals surface area contributed by atoms with Gasteiger partial charge >= 0.3 is 0 Å². The molecule has 0 spiro atoms. The van der Waals surface area contributed by atoms with E-state index in [4.69, 9.17) is 0 Å². The molecular weight excluding hydrogens is 461 g/mol. The van der Waals surface area contributed by atoms with Crippen LogP contribution in [-0.4, -0.2) is 29.0 Å². The largest absolute Gasteiger partial charge is 0.507 e. The highest BCUT2D eigenvalue weighted by molar-refractivity contribution is 8.03. The molecule has 2 aromatic rings. The van der Waals surface area contributed by atoms with Crippen molar-refractivity contribution in [3.8, 4) is 11.5 Å². The highest BCUT2D eigenvalue weighted by Crippen LogP contribution is 2.35. The van der Waals surface area contributed by atoms with Crippen LogP contribution >= 0.6 is 23.5 Å². The molecule has 0 fully saturated rings. The maximum absolute atomic E-state index is 10.6. The number of phenolic OH excluding ortho intramolecular Hbond substituents is 2. The summed E-state index contributed by atoms with van der Waals surface area (Å²) in [4.78, 5) is 2.62. The van der Waals surface area contributed by atoms with Crippen LogP contribution in [0.5, 0.6) is 11.5 Å². The zero-order valence-electron chi connectivity index (χ0n) is 21.6. The molecule has 0 heterocycles. The Labute approximate surface area is 212 Å². The lowest BCUT2D eigenvalue weighted by atomic mass is 10.0. The summed E-state index contributed by atoms with van der Waals surface area (Å²) in [5.74, 6) is 1.04. The molecule has 2 nitrogen and oxygen atoms in total. The van der Waals surface area contributed by atoms with E-state index < -0.39 is 8.07 Å². The van der Waals surface area contributed by atoms with Crippen LogP contribution in [0.4, 0.5) is 0 Å². The van der Waals surface area contributed by atoms with E-state index in [1.165, 1.54) is 20.5 Å². The van der Waals surface area contributed by atoms with Crippen LogP contribution in [-0.2, 0) is 25.7 Å². The van der Waals surface area contributed by atoms with Crippen LogP contribution in [0.25, 0.3) is 0 Å². The van der Waals surface area contributed by atoms with Gasteiger partial charge in [0.1, 0.15) is 11.5 Å². The van der Waals surface area contributed by atoms with Gasteiger partial charge in [0.05, 0.1) is 8.07 Å². The lowest BCUT2D eigenvalue weighted by molar-refractivity contribution is 0.459. The second-order valence-electron chi connectivity index (χ2n) is 9.92. The molecule has 0 aromatic heterocycles. The first-order valence-corrected chi connectivity index (χ1v) is 18.1. The summed E-state index contributed by atoms with van der Waals surface area (Å²) in [6.45, 7) is 13.7. The number of benzene rings is 2. The van der Waals surface area contributed by atoms with E-state index in [0.29, 0.717) is 11.5 Å². The first-order valence-electron chi connectivity index (χ1n) is 12.7. The van der Waals surface area contributed by atoms with Gasteiger partial charge in [-0.05, 0) is 83.0 Å². The summed E-state index contributed by atoms with van der Waals surface area (Å²) in [6.07, 6.45) is 7.97. The summed E-state index contributed by atoms with van der Waals surface area (Å²) >= 11 is 3.95. The van der Waals surface area contributed by atoms with Crippen molar-refractivity contribution in [3.05, 3.63) is 46.5 Å². The van der Waals surface area contributed by atoms with Gasteiger partial charge < -0.3 is 10.2 Å². The first kappa shape index (κ1) is 28.2. The van der Waals surface area contributed by atoms with Gasteiger partial charge in [-0.2, -0.15) is 0 Å². The standard InChI is InChI=1S/C28H44O2S2Si/c1-7-11-21-15-25(16-22(12-8-2)27(21)29)31-19-33(5,6)20-32-26-17-23(13-9-3)28(30)24(18-26)14-10-4/h15-18,29-30H,7-14,19-20H2,1-6H3. The fraction of sp³-hybridized carbons (Fsp3) is 0.571. The van der Waals surface area contributed by atoms with Crippen molar-refractivity contribution in [2.45, 2.75) is 102 Å². The van der Waals surface area contributed by atoms with Crippen molar-refractivity contribution >= 4 is 31.6 Å². The van der Waals surface area contributed by atoms with Gasteiger partial charge in [-0.25, -0.2) is 0 Å². The molecule has 0 atom stereocenters. The number of phenols is 2. The van der Waals surface area contributed by atoms with Crippen molar-refractivity contribution in [2.75, 3.05) is 10.8 Å². The van der Waals surface area contributed by atoms with Crippen LogP contribution in [0.1, 0.15) is 75.6 Å². The van der Waals surface area contributed by atoms with Crippen LogP contribution in [0, 0.1) is 0 Å². The van der Waals surface area contributed by atoms with E-state index in [-0.39, 0.29) is 0 Å². The second-order valence-corrected chi connectivity index (χ2v) is 18.1. The lowest BCUT2D eigenvalue weighted by Crippen LogP contribution is -2.33. The summed E-state index contributed by atoms with van der Waals surface area (Å²) in [5.41, 5.74) is 4.43. The number of aromatic hydroxyl groups is 2. The molecule has 2 N–H and O–H groups in total. The number of thioether (sulfide) groups is 2. The molecule has 0 saturated carbocycles. The fourth-order valence-corrected chi connectivity index (χ4v) is 10.5. The Morgan fingerprint density at radius 1 is 0.576 bits per heavy atom. The Bertz CT molecular complexity index is 770.